The Kier molecular flexibility index (Phi) is 6.08. The number of carbonyl (C=O) groups excluding carboxylic acids is 2. The zero-order valence-corrected chi connectivity index (χ0v) is 16.0. The molecule has 0 aliphatic heterocycles. The van der Waals surface area contributed by atoms with Gasteiger partial charge >= 0.3 is 0 Å². The van der Waals surface area contributed by atoms with Gasteiger partial charge in [0.05, 0.1) is 5.75 Å². The van der Waals surface area contributed by atoms with E-state index < -0.39 is 0 Å². The van der Waals surface area contributed by atoms with E-state index in [0.717, 1.165) is 17.5 Å². The van der Waals surface area contributed by atoms with E-state index in [9.17, 15) is 9.59 Å². The molecule has 0 unspecified atom stereocenters. The first-order valence-electron chi connectivity index (χ1n) is 9.05. The summed E-state index contributed by atoms with van der Waals surface area (Å²) in [7, 11) is 0. The molecule has 6 nitrogen and oxygen atoms in total. The summed E-state index contributed by atoms with van der Waals surface area (Å²) in [5, 5.41) is 12.3. The maximum Gasteiger partial charge on any atom is 0.234 e. The Morgan fingerprint density at radius 2 is 1.88 bits per heavy atom. The zero-order chi connectivity index (χ0) is 18.5. The standard InChI is InChI=1S/C19H24N4O2S/c1-3-23-18(15-6-4-5-7-15)21-22-19(23)26-12-17(25)20-16-10-8-14(9-11-16)13(2)24/h8-11,15H,3-7,12H2,1-2H3,(H,20,25). The fourth-order valence-corrected chi connectivity index (χ4v) is 4.11. The number of aromatic nitrogens is 3. The average molecular weight is 372 g/mol. The molecule has 0 spiro atoms. The third-order valence-corrected chi connectivity index (χ3v) is 5.66. The Labute approximate surface area is 157 Å². The van der Waals surface area contributed by atoms with Crippen LogP contribution in [0.25, 0.3) is 0 Å². The van der Waals surface area contributed by atoms with Gasteiger partial charge in [0.2, 0.25) is 5.91 Å². The van der Waals surface area contributed by atoms with Crippen molar-refractivity contribution in [3.05, 3.63) is 35.7 Å². The molecular formula is C19H24N4O2S. The second-order valence-corrected chi connectivity index (χ2v) is 7.48. The molecule has 26 heavy (non-hydrogen) atoms. The summed E-state index contributed by atoms with van der Waals surface area (Å²) in [6.45, 7) is 4.42. The number of thioether (sulfide) groups is 1. The number of anilines is 1. The highest BCUT2D eigenvalue weighted by Crippen LogP contribution is 2.34. The predicted octanol–water partition coefficient (Wildman–Crippen LogP) is 3.89. The van der Waals surface area contributed by atoms with Crippen molar-refractivity contribution in [3.63, 3.8) is 0 Å². The van der Waals surface area contributed by atoms with E-state index in [0.29, 0.717) is 17.2 Å². The van der Waals surface area contributed by atoms with Crippen molar-refractivity contribution in [2.45, 2.75) is 57.1 Å². The second kappa shape index (κ2) is 8.49. The molecule has 1 heterocycles. The van der Waals surface area contributed by atoms with Crippen molar-refractivity contribution in [1.82, 2.24) is 14.8 Å². The van der Waals surface area contributed by atoms with Crippen molar-refractivity contribution in [2.75, 3.05) is 11.1 Å². The molecule has 1 N–H and O–H groups in total. The number of benzene rings is 1. The summed E-state index contributed by atoms with van der Waals surface area (Å²) in [5.41, 5.74) is 1.32. The number of nitrogens with one attached hydrogen (secondary N) is 1. The SMILES string of the molecule is CCn1c(SCC(=O)Nc2ccc(C(C)=O)cc2)nnc1C1CCCC1. The van der Waals surface area contributed by atoms with E-state index in [1.807, 2.05) is 0 Å². The number of amides is 1. The van der Waals surface area contributed by atoms with Crippen molar-refractivity contribution < 1.29 is 9.59 Å². The molecule has 1 amide bonds. The van der Waals surface area contributed by atoms with E-state index in [4.69, 9.17) is 0 Å². The number of carbonyl (C=O) groups is 2. The van der Waals surface area contributed by atoms with Crippen LogP contribution < -0.4 is 5.32 Å². The number of rotatable bonds is 7. The van der Waals surface area contributed by atoms with Gasteiger partial charge in [0.25, 0.3) is 0 Å². The third-order valence-electron chi connectivity index (χ3n) is 4.69. The quantitative estimate of drug-likeness (QED) is 0.589. The minimum atomic E-state index is -0.0985. The van der Waals surface area contributed by atoms with E-state index >= 15 is 0 Å². The maximum absolute atomic E-state index is 12.2. The van der Waals surface area contributed by atoms with E-state index in [-0.39, 0.29) is 17.4 Å². The summed E-state index contributed by atoms with van der Waals surface area (Å²) in [6.07, 6.45) is 4.88. The van der Waals surface area contributed by atoms with Crippen LogP contribution in [0.5, 0.6) is 0 Å². The monoisotopic (exact) mass is 372 g/mol. The molecule has 1 aliphatic carbocycles. The maximum atomic E-state index is 12.2. The molecule has 0 radical (unpaired) electrons. The topological polar surface area (TPSA) is 76.9 Å². The Hall–Kier alpha value is -2.15. The predicted molar refractivity (Wildman–Crippen MR) is 103 cm³/mol. The van der Waals surface area contributed by atoms with Gasteiger partial charge < -0.3 is 9.88 Å². The molecule has 0 saturated heterocycles. The summed E-state index contributed by atoms with van der Waals surface area (Å²) < 4.78 is 2.13. The first kappa shape index (κ1) is 18.6. The number of nitrogens with zero attached hydrogens (tertiary/aromatic N) is 3. The van der Waals surface area contributed by atoms with Gasteiger partial charge in [-0.2, -0.15) is 0 Å². The Balaban J connectivity index is 1.58. The molecule has 1 saturated carbocycles. The molecule has 2 aromatic rings. The van der Waals surface area contributed by atoms with Crippen LogP contribution >= 0.6 is 11.8 Å². The Bertz CT molecular complexity index is 779. The molecule has 0 atom stereocenters. The third kappa shape index (κ3) is 4.33. The highest BCUT2D eigenvalue weighted by atomic mass is 32.2. The van der Waals surface area contributed by atoms with Gasteiger partial charge in [0.15, 0.2) is 10.9 Å². The fourth-order valence-electron chi connectivity index (χ4n) is 3.31. The largest absolute Gasteiger partial charge is 0.325 e. The van der Waals surface area contributed by atoms with Crippen molar-refractivity contribution in [1.29, 1.82) is 0 Å². The molecule has 1 fully saturated rings. The van der Waals surface area contributed by atoms with Crippen molar-refractivity contribution in [2.24, 2.45) is 0 Å². The normalized spacial score (nSPS) is 14.5. The van der Waals surface area contributed by atoms with Crippen LogP contribution in [-0.2, 0) is 11.3 Å². The van der Waals surface area contributed by atoms with E-state index in [2.05, 4.69) is 27.0 Å². The minimum absolute atomic E-state index is 0.00963. The summed E-state index contributed by atoms with van der Waals surface area (Å²) >= 11 is 1.41. The lowest BCUT2D eigenvalue weighted by atomic mass is 10.1. The van der Waals surface area contributed by atoms with E-state index in [1.54, 1.807) is 24.3 Å². The first-order valence-corrected chi connectivity index (χ1v) is 10.0. The molecule has 3 rings (SSSR count). The van der Waals surface area contributed by atoms with Crippen LogP contribution in [0, 0.1) is 0 Å². The number of Topliss-reactive ketones (excluding diaryl/α,β-unsaturated/α-hetero) is 1. The first-order chi connectivity index (χ1) is 12.6. The van der Waals surface area contributed by atoms with Gasteiger partial charge in [-0.15, -0.1) is 10.2 Å². The van der Waals surface area contributed by atoms with E-state index in [1.165, 1.54) is 44.4 Å². The fraction of sp³-hybridized carbons (Fsp3) is 0.474. The summed E-state index contributed by atoms with van der Waals surface area (Å²) in [4.78, 5) is 23.5. The van der Waals surface area contributed by atoms with Crippen LogP contribution in [0.4, 0.5) is 5.69 Å². The van der Waals surface area contributed by atoms with Gasteiger partial charge in [-0.05, 0) is 51.0 Å². The van der Waals surface area contributed by atoms with Crippen LogP contribution in [0.1, 0.15) is 61.6 Å². The smallest absolute Gasteiger partial charge is 0.234 e. The lowest BCUT2D eigenvalue weighted by molar-refractivity contribution is -0.113. The molecule has 1 aromatic carbocycles. The molecule has 0 bridgehead atoms. The van der Waals surface area contributed by atoms with Crippen LogP contribution in [0.2, 0.25) is 0 Å². The molecule has 138 valence electrons. The van der Waals surface area contributed by atoms with Gasteiger partial charge in [-0.25, -0.2) is 0 Å². The van der Waals surface area contributed by atoms with Crippen molar-refractivity contribution in [3.8, 4) is 0 Å². The summed E-state index contributed by atoms with van der Waals surface area (Å²) in [6, 6.07) is 6.91. The minimum Gasteiger partial charge on any atom is -0.325 e. The lowest BCUT2D eigenvalue weighted by Crippen LogP contribution is -2.15. The number of hydrogen-bond acceptors (Lipinski definition) is 5. The summed E-state index contributed by atoms with van der Waals surface area (Å²) in [5.74, 6) is 1.75. The van der Waals surface area contributed by atoms with Gasteiger partial charge in [-0.3, -0.25) is 9.59 Å². The van der Waals surface area contributed by atoms with Gasteiger partial charge in [-0.1, -0.05) is 24.6 Å². The molecule has 1 aliphatic rings. The van der Waals surface area contributed by atoms with Crippen LogP contribution in [-0.4, -0.2) is 32.2 Å². The van der Waals surface area contributed by atoms with Gasteiger partial charge in [0, 0.05) is 23.7 Å². The van der Waals surface area contributed by atoms with Crippen molar-refractivity contribution >= 4 is 29.1 Å². The van der Waals surface area contributed by atoms with Crippen LogP contribution in [0.3, 0.4) is 0 Å². The average Bonchev–Trinajstić information content (AvgIpc) is 3.29. The number of hydrogen-bond donors (Lipinski definition) is 1. The highest BCUT2D eigenvalue weighted by Gasteiger charge is 2.24. The Morgan fingerprint density at radius 1 is 1.19 bits per heavy atom. The molecule has 7 heteroatoms. The second-order valence-electron chi connectivity index (χ2n) is 6.54. The Morgan fingerprint density at radius 3 is 2.50 bits per heavy atom. The highest BCUT2D eigenvalue weighted by molar-refractivity contribution is 7.99. The molecular weight excluding hydrogens is 348 g/mol. The zero-order valence-electron chi connectivity index (χ0n) is 15.2. The lowest BCUT2D eigenvalue weighted by Gasteiger charge is -2.11. The van der Waals surface area contributed by atoms with Crippen LogP contribution in [0.15, 0.2) is 29.4 Å². The molecule has 1 aromatic heterocycles. The van der Waals surface area contributed by atoms with Gasteiger partial charge in [0.1, 0.15) is 5.82 Å². The number of ketones is 1.